The highest BCUT2D eigenvalue weighted by molar-refractivity contribution is 7.26. The van der Waals surface area contributed by atoms with E-state index in [0.717, 1.165) is 28.2 Å². The van der Waals surface area contributed by atoms with E-state index in [4.69, 9.17) is 4.42 Å². The van der Waals surface area contributed by atoms with Gasteiger partial charge in [-0.25, -0.2) is 0 Å². The van der Waals surface area contributed by atoms with E-state index in [9.17, 15) is 0 Å². The van der Waals surface area contributed by atoms with Crippen LogP contribution < -0.4 is 4.90 Å². The minimum absolute atomic E-state index is 0.104. The zero-order chi connectivity index (χ0) is 35.0. The lowest BCUT2D eigenvalue weighted by Gasteiger charge is -2.28. The van der Waals surface area contributed by atoms with Crippen LogP contribution in [0.2, 0.25) is 0 Å². The van der Waals surface area contributed by atoms with Crippen molar-refractivity contribution in [1.29, 1.82) is 0 Å². The van der Waals surface area contributed by atoms with Crippen molar-refractivity contribution in [2.45, 2.75) is 19.3 Å². The molecule has 0 aliphatic heterocycles. The highest BCUT2D eigenvalue weighted by atomic mass is 32.1. The quantitative estimate of drug-likeness (QED) is 0.181. The molecule has 0 bridgehead atoms. The molecule has 53 heavy (non-hydrogen) atoms. The number of fused-ring (bicyclic) bond motifs is 15. The third kappa shape index (κ3) is 4.08. The molecular formula is C49H31NOS2. The average Bonchev–Trinajstić information content (AvgIpc) is 3.93. The lowest BCUT2D eigenvalue weighted by molar-refractivity contribution is 0.660. The minimum atomic E-state index is -0.104. The Morgan fingerprint density at radius 3 is 2.06 bits per heavy atom. The lowest BCUT2D eigenvalue weighted by atomic mass is 9.82. The topological polar surface area (TPSA) is 16.4 Å². The van der Waals surface area contributed by atoms with Crippen LogP contribution in [0.5, 0.6) is 0 Å². The maximum absolute atomic E-state index is 6.79. The molecule has 0 saturated carbocycles. The first-order valence-electron chi connectivity index (χ1n) is 18.2. The van der Waals surface area contributed by atoms with Gasteiger partial charge in [0.2, 0.25) is 0 Å². The molecule has 3 heterocycles. The van der Waals surface area contributed by atoms with Crippen LogP contribution in [-0.2, 0) is 5.41 Å². The minimum Gasteiger partial charge on any atom is -0.455 e. The number of benzene rings is 8. The van der Waals surface area contributed by atoms with E-state index in [2.05, 4.69) is 170 Å². The van der Waals surface area contributed by atoms with Crippen LogP contribution >= 0.6 is 22.7 Å². The Bertz CT molecular complexity index is 3340. The molecule has 4 heteroatoms. The average molecular weight is 714 g/mol. The zero-order valence-electron chi connectivity index (χ0n) is 29.1. The second-order valence-corrected chi connectivity index (χ2v) is 17.0. The van der Waals surface area contributed by atoms with Gasteiger partial charge in [-0.1, -0.05) is 98.8 Å². The van der Waals surface area contributed by atoms with E-state index in [-0.39, 0.29) is 5.41 Å². The Hall–Kier alpha value is -5.94. The molecule has 12 rings (SSSR count). The van der Waals surface area contributed by atoms with Gasteiger partial charge in [-0.05, 0) is 99.8 Å². The molecule has 0 unspecified atom stereocenters. The molecule has 0 spiro atoms. The van der Waals surface area contributed by atoms with Gasteiger partial charge in [0.25, 0.3) is 0 Å². The molecule has 0 radical (unpaired) electrons. The number of nitrogens with zero attached hydrogens (tertiary/aromatic N) is 1. The first kappa shape index (κ1) is 29.6. The van der Waals surface area contributed by atoms with E-state index in [1.54, 1.807) is 0 Å². The SMILES string of the molecule is CC1(C)c2ccccc2-c2ccc(N(c3ccc4c(c3)sc3ccccc34)c3ccc4sc5ccc6c(oc7ccc8ccccc8c76)c5c4c3)cc21. The third-order valence-electron chi connectivity index (χ3n) is 11.6. The van der Waals surface area contributed by atoms with Gasteiger partial charge < -0.3 is 9.32 Å². The summed E-state index contributed by atoms with van der Waals surface area (Å²) in [5, 5.41) is 9.85. The van der Waals surface area contributed by atoms with Crippen LogP contribution in [0.1, 0.15) is 25.0 Å². The first-order chi connectivity index (χ1) is 26.0. The number of hydrogen-bond acceptors (Lipinski definition) is 4. The zero-order valence-corrected chi connectivity index (χ0v) is 30.7. The normalized spacial score (nSPS) is 13.6. The number of furan rings is 1. The Morgan fingerprint density at radius 2 is 1.11 bits per heavy atom. The van der Waals surface area contributed by atoms with Crippen molar-refractivity contribution >= 4 is 113 Å². The summed E-state index contributed by atoms with van der Waals surface area (Å²) in [6.07, 6.45) is 0. The molecule has 0 atom stereocenters. The van der Waals surface area contributed by atoms with Crippen LogP contribution in [-0.4, -0.2) is 0 Å². The molecule has 8 aromatic carbocycles. The molecule has 0 saturated heterocycles. The van der Waals surface area contributed by atoms with Gasteiger partial charge in [0.15, 0.2) is 0 Å². The standard InChI is InChI=1S/C49H31NOS2/c1-49(2)39-13-7-5-11-33(39)34-19-16-30(26-40(34)49)50(31-17-20-36-35-12-6-8-14-42(35)53-45(36)27-31)29-18-23-43-38(25-29)47-44(52-43)24-21-37-46-32-10-4-3-9-28(32)15-22-41(46)51-48(37)47/h3-27H,1-2H3. The maximum atomic E-state index is 6.79. The Balaban J connectivity index is 1.11. The van der Waals surface area contributed by atoms with Crippen molar-refractivity contribution in [2.75, 3.05) is 4.90 Å². The van der Waals surface area contributed by atoms with Crippen molar-refractivity contribution in [2.24, 2.45) is 0 Å². The largest absolute Gasteiger partial charge is 0.455 e. The predicted molar refractivity (Wildman–Crippen MR) is 229 cm³/mol. The smallest absolute Gasteiger partial charge is 0.144 e. The van der Waals surface area contributed by atoms with Gasteiger partial charge in [0.1, 0.15) is 11.2 Å². The molecule has 1 aliphatic carbocycles. The molecule has 0 amide bonds. The molecule has 250 valence electrons. The van der Waals surface area contributed by atoms with Crippen molar-refractivity contribution < 1.29 is 4.42 Å². The summed E-state index contributed by atoms with van der Waals surface area (Å²) >= 11 is 3.71. The van der Waals surface area contributed by atoms with E-state index >= 15 is 0 Å². The summed E-state index contributed by atoms with van der Waals surface area (Å²) in [4.78, 5) is 2.46. The first-order valence-corrected chi connectivity index (χ1v) is 19.8. The van der Waals surface area contributed by atoms with Crippen LogP contribution in [0.3, 0.4) is 0 Å². The third-order valence-corrected chi connectivity index (χ3v) is 13.9. The number of hydrogen-bond donors (Lipinski definition) is 0. The lowest BCUT2D eigenvalue weighted by Crippen LogP contribution is -2.16. The molecule has 3 aromatic heterocycles. The monoisotopic (exact) mass is 713 g/mol. The Morgan fingerprint density at radius 1 is 0.453 bits per heavy atom. The fraction of sp³-hybridized carbons (Fsp3) is 0.0612. The highest BCUT2D eigenvalue weighted by Crippen LogP contribution is 2.52. The summed E-state index contributed by atoms with van der Waals surface area (Å²) in [7, 11) is 0. The van der Waals surface area contributed by atoms with Gasteiger partial charge in [-0.2, -0.15) is 0 Å². The van der Waals surface area contributed by atoms with Crippen molar-refractivity contribution in [3.8, 4) is 11.1 Å². The van der Waals surface area contributed by atoms with Gasteiger partial charge >= 0.3 is 0 Å². The summed E-state index contributed by atoms with van der Waals surface area (Å²) < 4.78 is 11.9. The number of rotatable bonds is 3. The van der Waals surface area contributed by atoms with Crippen LogP contribution in [0, 0.1) is 0 Å². The highest BCUT2D eigenvalue weighted by Gasteiger charge is 2.35. The molecule has 1 aliphatic rings. The fourth-order valence-corrected chi connectivity index (χ4v) is 11.3. The van der Waals surface area contributed by atoms with Gasteiger partial charge in [0.05, 0.1) is 0 Å². The molecule has 0 fully saturated rings. The summed E-state index contributed by atoms with van der Waals surface area (Å²) in [6.45, 7) is 4.72. The summed E-state index contributed by atoms with van der Waals surface area (Å²) in [5.74, 6) is 0. The second-order valence-electron chi connectivity index (χ2n) is 14.9. The second kappa shape index (κ2) is 10.6. The summed E-state index contributed by atoms with van der Waals surface area (Å²) in [6, 6.07) is 56.1. The van der Waals surface area contributed by atoms with Crippen molar-refractivity contribution in [1.82, 2.24) is 0 Å². The van der Waals surface area contributed by atoms with E-state index in [1.807, 2.05) is 22.7 Å². The number of anilines is 3. The maximum Gasteiger partial charge on any atom is 0.144 e. The van der Waals surface area contributed by atoms with E-state index in [0.29, 0.717) is 0 Å². The number of thiophene rings is 2. The molecular weight excluding hydrogens is 683 g/mol. The van der Waals surface area contributed by atoms with Gasteiger partial charge in [-0.15, -0.1) is 22.7 Å². The van der Waals surface area contributed by atoms with Gasteiger partial charge in [0, 0.05) is 73.6 Å². The molecule has 0 N–H and O–H groups in total. The Labute approximate surface area is 313 Å². The van der Waals surface area contributed by atoms with Crippen LogP contribution in [0.4, 0.5) is 17.1 Å². The van der Waals surface area contributed by atoms with Gasteiger partial charge in [-0.3, -0.25) is 0 Å². The summed E-state index contributed by atoms with van der Waals surface area (Å²) in [5.41, 5.74) is 10.6. The van der Waals surface area contributed by atoms with E-state index in [1.165, 1.54) is 84.1 Å². The fourth-order valence-electron chi connectivity index (χ4n) is 9.12. The van der Waals surface area contributed by atoms with E-state index < -0.39 is 0 Å². The molecule has 11 aromatic rings. The van der Waals surface area contributed by atoms with Crippen LogP contribution in [0.15, 0.2) is 156 Å². The van der Waals surface area contributed by atoms with Crippen LogP contribution in [0.25, 0.3) is 84.2 Å². The van der Waals surface area contributed by atoms with Crippen molar-refractivity contribution in [3.63, 3.8) is 0 Å². The Kier molecular flexibility index (Phi) is 5.91. The molecule has 2 nitrogen and oxygen atoms in total. The predicted octanol–water partition coefficient (Wildman–Crippen LogP) is 15.3. The van der Waals surface area contributed by atoms with Crippen molar-refractivity contribution in [3.05, 3.63) is 163 Å².